The molecule has 31 heavy (non-hydrogen) atoms. The van der Waals surface area contributed by atoms with Crippen LogP contribution in [0.25, 0.3) is 0 Å². The quantitative estimate of drug-likeness (QED) is 0.678. The molecule has 2 aromatic rings. The van der Waals surface area contributed by atoms with Gasteiger partial charge in [0.05, 0.1) is 17.7 Å². The van der Waals surface area contributed by atoms with Crippen molar-refractivity contribution < 1.29 is 22.4 Å². The summed E-state index contributed by atoms with van der Waals surface area (Å²) in [5.41, 5.74) is 1.01. The zero-order chi connectivity index (χ0) is 22.6. The average molecular weight is 448 g/mol. The van der Waals surface area contributed by atoms with Gasteiger partial charge >= 0.3 is 0 Å². The molecule has 0 aliphatic carbocycles. The monoisotopic (exact) mass is 447 g/mol. The number of amides is 2. The van der Waals surface area contributed by atoms with Crippen molar-refractivity contribution in [3.8, 4) is 0 Å². The van der Waals surface area contributed by atoms with Crippen LogP contribution in [0.5, 0.6) is 0 Å². The second kappa shape index (κ2) is 9.65. The number of aryl methyl sites for hydroxylation is 1. The minimum absolute atomic E-state index is 0.0205. The third-order valence-electron chi connectivity index (χ3n) is 5.42. The fraction of sp³-hybridized carbons (Fsp3) is 0.455. The molecule has 1 saturated heterocycles. The van der Waals surface area contributed by atoms with Crippen LogP contribution in [0.15, 0.2) is 45.9 Å². The summed E-state index contributed by atoms with van der Waals surface area (Å²) in [6.45, 7) is 6.76. The van der Waals surface area contributed by atoms with E-state index in [1.165, 1.54) is 18.4 Å². The molecule has 1 aromatic heterocycles. The van der Waals surface area contributed by atoms with Gasteiger partial charge in [0.25, 0.3) is 5.91 Å². The Morgan fingerprint density at radius 1 is 1.19 bits per heavy atom. The number of piperidine rings is 1. The number of furan rings is 1. The second-order valence-corrected chi connectivity index (χ2v) is 9.88. The van der Waals surface area contributed by atoms with Gasteiger partial charge in [0.2, 0.25) is 15.9 Å². The van der Waals surface area contributed by atoms with Crippen LogP contribution in [-0.2, 0) is 21.4 Å². The Hall–Kier alpha value is -2.65. The summed E-state index contributed by atoms with van der Waals surface area (Å²) in [5, 5.41) is 2.99. The molecule has 3 rings (SSSR count). The zero-order valence-corrected chi connectivity index (χ0v) is 18.9. The molecule has 0 spiro atoms. The van der Waals surface area contributed by atoms with Crippen LogP contribution in [0.1, 0.15) is 48.4 Å². The van der Waals surface area contributed by atoms with Crippen LogP contribution < -0.4 is 10.0 Å². The highest BCUT2D eigenvalue weighted by Crippen LogP contribution is 2.18. The summed E-state index contributed by atoms with van der Waals surface area (Å²) in [7, 11) is -3.80. The van der Waals surface area contributed by atoms with Crippen molar-refractivity contribution in [3.05, 3.63) is 53.5 Å². The Morgan fingerprint density at radius 2 is 1.90 bits per heavy atom. The number of rotatable bonds is 7. The SMILES string of the molecule is Cc1ccc(S(=O)(=O)NCc2ccco2)cc1C(=O)NC1CCN(C(=O)C(C)C)CC1. The molecule has 2 amide bonds. The molecular formula is C22H29N3O5S. The molecule has 0 bridgehead atoms. The van der Waals surface area contributed by atoms with Gasteiger partial charge < -0.3 is 14.6 Å². The first-order chi connectivity index (χ1) is 14.7. The number of nitrogens with zero attached hydrogens (tertiary/aromatic N) is 1. The van der Waals surface area contributed by atoms with E-state index < -0.39 is 10.0 Å². The average Bonchev–Trinajstić information content (AvgIpc) is 3.26. The molecule has 8 nitrogen and oxygen atoms in total. The Balaban J connectivity index is 1.64. The molecule has 0 unspecified atom stereocenters. The molecule has 1 aromatic carbocycles. The lowest BCUT2D eigenvalue weighted by Gasteiger charge is -2.33. The lowest BCUT2D eigenvalue weighted by molar-refractivity contribution is -0.135. The van der Waals surface area contributed by atoms with Gasteiger partial charge in [0.15, 0.2) is 0 Å². The number of carbonyl (C=O) groups excluding carboxylic acids is 2. The van der Waals surface area contributed by atoms with Crippen molar-refractivity contribution in [2.24, 2.45) is 5.92 Å². The number of sulfonamides is 1. The Bertz CT molecular complexity index is 1020. The molecule has 1 aliphatic heterocycles. The Morgan fingerprint density at radius 3 is 2.52 bits per heavy atom. The molecule has 0 radical (unpaired) electrons. The number of likely N-dealkylation sites (tertiary alicyclic amines) is 1. The van der Waals surface area contributed by atoms with Crippen molar-refractivity contribution in [2.45, 2.75) is 51.1 Å². The van der Waals surface area contributed by atoms with E-state index in [-0.39, 0.29) is 35.2 Å². The van der Waals surface area contributed by atoms with Gasteiger partial charge in [0, 0.05) is 30.6 Å². The summed E-state index contributed by atoms with van der Waals surface area (Å²) >= 11 is 0. The first-order valence-corrected chi connectivity index (χ1v) is 11.9. The number of hydrogen-bond acceptors (Lipinski definition) is 5. The lowest BCUT2D eigenvalue weighted by atomic mass is 10.0. The largest absolute Gasteiger partial charge is 0.468 e. The van der Waals surface area contributed by atoms with Crippen molar-refractivity contribution in [2.75, 3.05) is 13.1 Å². The first-order valence-electron chi connectivity index (χ1n) is 10.4. The standard InChI is InChI=1S/C22H29N3O5S/c1-15(2)22(27)25-10-8-17(9-11-25)24-21(26)20-13-19(7-6-16(20)3)31(28,29)23-14-18-5-4-12-30-18/h4-7,12-13,15,17,23H,8-11,14H2,1-3H3,(H,24,26). The van der Waals surface area contributed by atoms with Gasteiger partial charge in [-0.25, -0.2) is 13.1 Å². The molecule has 2 N–H and O–H groups in total. The predicted molar refractivity (Wildman–Crippen MR) is 116 cm³/mol. The fourth-order valence-corrected chi connectivity index (χ4v) is 4.57. The molecule has 1 fully saturated rings. The van der Waals surface area contributed by atoms with E-state index >= 15 is 0 Å². The second-order valence-electron chi connectivity index (χ2n) is 8.11. The number of nitrogens with one attached hydrogen (secondary N) is 2. The molecular weight excluding hydrogens is 418 g/mol. The topological polar surface area (TPSA) is 109 Å². The van der Waals surface area contributed by atoms with E-state index in [2.05, 4.69) is 10.0 Å². The van der Waals surface area contributed by atoms with Crippen molar-refractivity contribution in [3.63, 3.8) is 0 Å². The minimum Gasteiger partial charge on any atom is -0.468 e. The van der Waals surface area contributed by atoms with Crippen LogP contribution in [0.3, 0.4) is 0 Å². The van der Waals surface area contributed by atoms with Gasteiger partial charge in [-0.3, -0.25) is 9.59 Å². The highest BCUT2D eigenvalue weighted by atomic mass is 32.2. The van der Waals surface area contributed by atoms with E-state index in [4.69, 9.17) is 4.42 Å². The molecule has 2 heterocycles. The van der Waals surface area contributed by atoms with Crippen LogP contribution in [0.2, 0.25) is 0 Å². The first kappa shape index (κ1) is 23.0. The zero-order valence-electron chi connectivity index (χ0n) is 18.1. The molecule has 9 heteroatoms. The van der Waals surface area contributed by atoms with Crippen LogP contribution in [-0.4, -0.2) is 44.3 Å². The Kier molecular flexibility index (Phi) is 7.17. The molecule has 0 saturated carbocycles. The number of carbonyl (C=O) groups is 2. The van der Waals surface area contributed by atoms with Crippen LogP contribution >= 0.6 is 0 Å². The van der Waals surface area contributed by atoms with Gasteiger partial charge in [-0.15, -0.1) is 0 Å². The van der Waals surface area contributed by atoms with E-state index in [9.17, 15) is 18.0 Å². The highest BCUT2D eigenvalue weighted by Gasteiger charge is 2.26. The number of hydrogen-bond donors (Lipinski definition) is 2. The third-order valence-corrected chi connectivity index (χ3v) is 6.82. The van der Waals surface area contributed by atoms with Crippen molar-refractivity contribution in [1.82, 2.24) is 14.9 Å². The lowest BCUT2D eigenvalue weighted by Crippen LogP contribution is -2.47. The maximum atomic E-state index is 12.9. The van der Waals surface area contributed by atoms with Crippen LogP contribution in [0, 0.1) is 12.8 Å². The maximum Gasteiger partial charge on any atom is 0.251 e. The fourth-order valence-electron chi connectivity index (χ4n) is 3.55. The third kappa shape index (κ3) is 5.74. The predicted octanol–water partition coefficient (Wildman–Crippen LogP) is 2.44. The smallest absolute Gasteiger partial charge is 0.251 e. The maximum absolute atomic E-state index is 12.9. The van der Waals surface area contributed by atoms with Gasteiger partial charge in [-0.1, -0.05) is 19.9 Å². The van der Waals surface area contributed by atoms with E-state index in [1.807, 2.05) is 18.7 Å². The van der Waals surface area contributed by atoms with Gasteiger partial charge in [0.1, 0.15) is 5.76 Å². The van der Waals surface area contributed by atoms with Crippen LogP contribution in [0.4, 0.5) is 0 Å². The van der Waals surface area contributed by atoms with Gasteiger partial charge in [-0.05, 0) is 49.6 Å². The van der Waals surface area contributed by atoms with E-state index in [0.717, 1.165) is 0 Å². The van der Waals surface area contributed by atoms with Crippen molar-refractivity contribution in [1.29, 1.82) is 0 Å². The molecule has 168 valence electrons. The Labute approximate surface area is 183 Å². The summed E-state index contributed by atoms with van der Waals surface area (Å²) in [4.78, 5) is 26.8. The summed E-state index contributed by atoms with van der Waals surface area (Å²) in [6.07, 6.45) is 2.82. The summed E-state index contributed by atoms with van der Waals surface area (Å²) < 4.78 is 32.9. The number of benzene rings is 1. The van der Waals surface area contributed by atoms with Crippen molar-refractivity contribution >= 4 is 21.8 Å². The van der Waals surface area contributed by atoms with E-state index in [0.29, 0.717) is 42.8 Å². The molecule has 0 atom stereocenters. The normalized spacial score (nSPS) is 15.3. The summed E-state index contributed by atoms with van der Waals surface area (Å²) in [6, 6.07) is 7.80. The van der Waals surface area contributed by atoms with Gasteiger partial charge in [-0.2, -0.15) is 0 Å². The summed E-state index contributed by atoms with van der Waals surface area (Å²) in [5.74, 6) is 0.269. The highest BCUT2D eigenvalue weighted by molar-refractivity contribution is 7.89. The molecule has 1 aliphatic rings. The minimum atomic E-state index is -3.80. The van der Waals surface area contributed by atoms with E-state index in [1.54, 1.807) is 25.1 Å².